The fourth-order valence-electron chi connectivity index (χ4n) is 2.72. The minimum atomic E-state index is -0.852. The van der Waals surface area contributed by atoms with Gasteiger partial charge in [0.15, 0.2) is 0 Å². The molecule has 0 aliphatic carbocycles. The number of benzene rings is 1. The van der Waals surface area contributed by atoms with Crippen LogP contribution in [0.5, 0.6) is 0 Å². The summed E-state index contributed by atoms with van der Waals surface area (Å²) in [5.41, 5.74) is -0.294. The Morgan fingerprint density at radius 3 is 2.76 bits per heavy atom. The number of ether oxygens (including phenoxy) is 1. The SMILES string of the molecule is O=C1NC2(CCOCC2)C(=O)N1Cc1cccc(F)c1Br. The molecule has 1 aromatic carbocycles. The van der Waals surface area contributed by atoms with Crippen LogP contribution in [-0.2, 0) is 16.1 Å². The van der Waals surface area contributed by atoms with E-state index in [4.69, 9.17) is 4.74 Å². The van der Waals surface area contributed by atoms with Gasteiger partial charge in [0.05, 0.1) is 11.0 Å². The van der Waals surface area contributed by atoms with Crippen LogP contribution >= 0.6 is 15.9 Å². The van der Waals surface area contributed by atoms with Gasteiger partial charge in [-0.1, -0.05) is 12.1 Å². The highest BCUT2D eigenvalue weighted by molar-refractivity contribution is 9.10. The van der Waals surface area contributed by atoms with Gasteiger partial charge in [0.2, 0.25) is 0 Å². The monoisotopic (exact) mass is 356 g/mol. The molecule has 1 N–H and O–H groups in total. The minimum Gasteiger partial charge on any atom is -0.381 e. The summed E-state index contributed by atoms with van der Waals surface area (Å²) in [5, 5.41) is 2.77. The van der Waals surface area contributed by atoms with Crippen molar-refractivity contribution in [3.8, 4) is 0 Å². The molecule has 0 bridgehead atoms. The Hall–Kier alpha value is -1.47. The third-order valence-electron chi connectivity index (χ3n) is 3.95. The highest BCUT2D eigenvalue weighted by Crippen LogP contribution is 2.30. The van der Waals surface area contributed by atoms with Gasteiger partial charge in [-0.2, -0.15) is 0 Å². The molecule has 7 heteroatoms. The molecule has 2 heterocycles. The van der Waals surface area contributed by atoms with E-state index in [0.29, 0.717) is 31.6 Å². The Labute approximate surface area is 129 Å². The van der Waals surface area contributed by atoms with Crippen LogP contribution in [-0.4, -0.2) is 35.6 Å². The Bertz CT molecular complexity index is 602. The van der Waals surface area contributed by atoms with Crippen LogP contribution < -0.4 is 5.32 Å². The van der Waals surface area contributed by atoms with Crippen molar-refractivity contribution in [2.75, 3.05) is 13.2 Å². The van der Waals surface area contributed by atoms with Crippen LogP contribution in [0.25, 0.3) is 0 Å². The molecule has 3 amide bonds. The number of rotatable bonds is 2. The number of urea groups is 1. The van der Waals surface area contributed by atoms with E-state index in [0.717, 1.165) is 4.90 Å². The summed E-state index contributed by atoms with van der Waals surface area (Å²) in [5.74, 6) is -0.674. The summed E-state index contributed by atoms with van der Waals surface area (Å²) in [4.78, 5) is 25.8. The third-order valence-corrected chi connectivity index (χ3v) is 4.84. The van der Waals surface area contributed by atoms with Crippen molar-refractivity contribution in [3.63, 3.8) is 0 Å². The van der Waals surface area contributed by atoms with Gasteiger partial charge in [0, 0.05) is 26.1 Å². The van der Waals surface area contributed by atoms with Gasteiger partial charge in [-0.25, -0.2) is 9.18 Å². The molecular formula is C14H14BrFN2O3. The van der Waals surface area contributed by atoms with Gasteiger partial charge in [0.25, 0.3) is 5.91 Å². The lowest BCUT2D eigenvalue weighted by molar-refractivity contribution is -0.134. The van der Waals surface area contributed by atoms with E-state index in [1.165, 1.54) is 6.07 Å². The molecule has 112 valence electrons. The molecule has 2 fully saturated rings. The van der Waals surface area contributed by atoms with Crippen LogP contribution in [0.4, 0.5) is 9.18 Å². The summed E-state index contributed by atoms with van der Waals surface area (Å²) in [7, 11) is 0. The molecule has 1 spiro atoms. The zero-order valence-electron chi connectivity index (χ0n) is 11.2. The number of amides is 3. The number of hydrogen-bond acceptors (Lipinski definition) is 3. The van der Waals surface area contributed by atoms with Crippen LogP contribution in [0.3, 0.4) is 0 Å². The number of carbonyl (C=O) groups is 2. The van der Waals surface area contributed by atoms with Crippen molar-refractivity contribution < 1.29 is 18.7 Å². The first-order valence-corrected chi connectivity index (χ1v) is 7.47. The van der Waals surface area contributed by atoms with Crippen molar-refractivity contribution in [1.29, 1.82) is 0 Å². The maximum absolute atomic E-state index is 13.5. The Morgan fingerprint density at radius 2 is 2.05 bits per heavy atom. The van der Waals surface area contributed by atoms with Gasteiger partial charge in [-0.05, 0) is 27.6 Å². The number of nitrogens with zero attached hydrogens (tertiary/aromatic N) is 1. The molecule has 0 saturated carbocycles. The van der Waals surface area contributed by atoms with Gasteiger partial charge >= 0.3 is 6.03 Å². The number of carbonyl (C=O) groups excluding carboxylic acids is 2. The number of imide groups is 1. The van der Waals surface area contributed by atoms with Crippen molar-refractivity contribution >= 4 is 27.9 Å². The normalized spacial score (nSPS) is 21.0. The maximum atomic E-state index is 13.5. The second-order valence-corrected chi connectivity index (χ2v) is 6.02. The van der Waals surface area contributed by atoms with E-state index < -0.39 is 17.4 Å². The lowest BCUT2D eigenvalue weighted by atomic mass is 9.90. The predicted octanol–water partition coefficient (Wildman–Crippen LogP) is 2.19. The summed E-state index contributed by atoms with van der Waals surface area (Å²) in [6.45, 7) is 0.943. The molecule has 2 aliphatic rings. The Balaban J connectivity index is 1.84. The van der Waals surface area contributed by atoms with Crippen LogP contribution in [0.2, 0.25) is 0 Å². The fourth-order valence-corrected chi connectivity index (χ4v) is 3.11. The molecule has 21 heavy (non-hydrogen) atoms. The number of hydrogen-bond donors (Lipinski definition) is 1. The smallest absolute Gasteiger partial charge is 0.325 e. The lowest BCUT2D eigenvalue weighted by Crippen LogP contribution is -2.51. The largest absolute Gasteiger partial charge is 0.381 e. The van der Waals surface area contributed by atoms with Gasteiger partial charge < -0.3 is 10.1 Å². The maximum Gasteiger partial charge on any atom is 0.325 e. The first-order valence-electron chi connectivity index (χ1n) is 6.68. The number of halogens is 2. The van der Waals surface area contributed by atoms with Crippen LogP contribution in [0, 0.1) is 5.82 Å². The molecule has 5 nitrogen and oxygen atoms in total. The average Bonchev–Trinajstić information content (AvgIpc) is 2.69. The second kappa shape index (κ2) is 5.38. The Kier molecular flexibility index (Phi) is 3.71. The number of nitrogens with one attached hydrogen (secondary N) is 1. The minimum absolute atomic E-state index is 0.0472. The average molecular weight is 357 g/mol. The van der Waals surface area contributed by atoms with Crippen molar-refractivity contribution in [2.45, 2.75) is 24.9 Å². The molecule has 0 aromatic heterocycles. The van der Waals surface area contributed by atoms with Gasteiger partial charge in [-0.3, -0.25) is 9.69 Å². The first kappa shape index (κ1) is 14.5. The van der Waals surface area contributed by atoms with E-state index in [9.17, 15) is 14.0 Å². The second-order valence-electron chi connectivity index (χ2n) is 5.23. The summed E-state index contributed by atoms with van der Waals surface area (Å²) < 4.78 is 19.1. The highest BCUT2D eigenvalue weighted by Gasteiger charge is 2.51. The quantitative estimate of drug-likeness (QED) is 0.826. The van der Waals surface area contributed by atoms with Crippen LogP contribution in [0.15, 0.2) is 22.7 Å². The molecule has 0 radical (unpaired) electrons. The summed E-state index contributed by atoms with van der Waals surface area (Å²) in [6.07, 6.45) is 0.941. The molecule has 2 aliphatic heterocycles. The molecule has 2 saturated heterocycles. The lowest BCUT2D eigenvalue weighted by Gasteiger charge is -2.30. The zero-order valence-corrected chi connectivity index (χ0v) is 12.8. The topological polar surface area (TPSA) is 58.6 Å². The zero-order chi connectivity index (χ0) is 15.0. The first-order chi connectivity index (χ1) is 10.0. The molecule has 1 aromatic rings. The third kappa shape index (κ3) is 2.44. The van der Waals surface area contributed by atoms with E-state index in [-0.39, 0.29) is 16.9 Å². The molecule has 3 rings (SSSR count). The van der Waals surface area contributed by atoms with E-state index in [1.54, 1.807) is 12.1 Å². The van der Waals surface area contributed by atoms with Crippen molar-refractivity contribution in [1.82, 2.24) is 10.2 Å². The summed E-state index contributed by atoms with van der Waals surface area (Å²) in [6, 6.07) is 4.12. The van der Waals surface area contributed by atoms with Gasteiger partial charge in [-0.15, -0.1) is 0 Å². The van der Waals surface area contributed by atoms with Crippen LogP contribution in [0.1, 0.15) is 18.4 Å². The predicted molar refractivity (Wildman–Crippen MR) is 76.0 cm³/mol. The summed E-state index contributed by atoms with van der Waals surface area (Å²) >= 11 is 3.15. The van der Waals surface area contributed by atoms with Crippen molar-refractivity contribution in [3.05, 3.63) is 34.1 Å². The van der Waals surface area contributed by atoms with E-state index >= 15 is 0 Å². The standard InChI is InChI=1S/C14H14BrFN2O3/c15-11-9(2-1-3-10(11)16)8-18-12(19)14(17-13(18)20)4-6-21-7-5-14/h1-3H,4-8H2,(H,17,20). The molecular weight excluding hydrogens is 343 g/mol. The molecule has 0 unspecified atom stereocenters. The highest BCUT2D eigenvalue weighted by atomic mass is 79.9. The van der Waals surface area contributed by atoms with Gasteiger partial charge in [0.1, 0.15) is 11.4 Å². The fraction of sp³-hybridized carbons (Fsp3) is 0.429. The molecule has 0 atom stereocenters. The van der Waals surface area contributed by atoms with E-state index in [1.807, 2.05) is 0 Å². The Morgan fingerprint density at radius 1 is 1.33 bits per heavy atom. The van der Waals surface area contributed by atoms with Crippen molar-refractivity contribution in [2.24, 2.45) is 0 Å². The van der Waals surface area contributed by atoms with E-state index in [2.05, 4.69) is 21.2 Å².